The first-order chi connectivity index (χ1) is 8.82. The molecule has 0 spiro atoms. The van der Waals surface area contributed by atoms with E-state index in [4.69, 9.17) is 5.73 Å². The van der Waals surface area contributed by atoms with Crippen LogP contribution < -0.4 is 5.73 Å². The Bertz CT molecular complexity index is 576. The number of nitrogens with two attached hydrogens (primary N) is 1. The van der Waals surface area contributed by atoms with Gasteiger partial charge in [0.2, 0.25) is 0 Å². The zero-order valence-corrected chi connectivity index (χ0v) is 12.4. The van der Waals surface area contributed by atoms with Gasteiger partial charge in [-0.25, -0.2) is 8.42 Å². The molecule has 7 nitrogen and oxygen atoms in total. The van der Waals surface area contributed by atoms with Gasteiger partial charge in [0.15, 0.2) is 9.84 Å². The Balaban J connectivity index is 2.36. The zero-order valence-electron chi connectivity index (χ0n) is 10.7. The molecule has 0 aromatic carbocycles. The van der Waals surface area contributed by atoms with E-state index >= 15 is 0 Å². The fourth-order valence-corrected chi connectivity index (χ4v) is 4.84. The molecule has 106 valence electrons. The molecule has 2 N–H and O–H groups in total. The van der Waals surface area contributed by atoms with Crippen molar-refractivity contribution in [2.45, 2.75) is 5.37 Å². The topological polar surface area (TPSA) is 98.3 Å². The summed E-state index contributed by atoms with van der Waals surface area (Å²) in [4.78, 5) is 13.8. The van der Waals surface area contributed by atoms with Gasteiger partial charge in [-0.15, -0.1) is 0 Å². The van der Waals surface area contributed by atoms with Gasteiger partial charge in [-0.2, -0.15) is 16.9 Å². The normalized spacial score (nSPS) is 20.5. The molecule has 9 heteroatoms. The third-order valence-electron chi connectivity index (χ3n) is 3.01. The van der Waals surface area contributed by atoms with Crippen molar-refractivity contribution in [1.82, 2.24) is 14.7 Å². The van der Waals surface area contributed by atoms with Crippen LogP contribution in [0.5, 0.6) is 0 Å². The largest absolute Gasteiger partial charge is 0.396 e. The summed E-state index contributed by atoms with van der Waals surface area (Å²) < 4.78 is 24.9. The minimum Gasteiger partial charge on any atom is -0.396 e. The number of aryl methyl sites for hydroxylation is 1. The zero-order chi connectivity index (χ0) is 14.2. The Kier molecular flexibility index (Phi) is 3.77. The first kappa shape index (κ1) is 14.2. The number of hydrogen-bond donors (Lipinski definition) is 1. The average Bonchev–Trinajstić information content (AvgIpc) is 2.67. The summed E-state index contributed by atoms with van der Waals surface area (Å²) in [5.74, 6) is 0.728. The van der Waals surface area contributed by atoms with E-state index in [2.05, 4.69) is 5.10 Å². The molecule has 1 atom stereocenters. The SMILES string of the molecule is Cn1ncc(N)c1C(=O)N1CCSCC1S(C)(=O)=O. The number of hydrogen-bond acceptors (Lipinski definition) is 6. The number of nitrogens with zero attached hydrogens (tertiary/aromatic N) is 3. The van der Waals surface area contributed by atoms with Crippen molar-refractivity contribution >= 4 is 33.2 Å². The van der Waals surface area contributed by atoms with E-state index in [1.807, 2.05) is 0 Å². The van der Waals surface area contributed by atoms with E-state index in [0.29, 0.717) is 12.3 Å². The Morgan fingerprint density at radius 2 is 2.26 bits per heavy atom. The molecule has 2 heterocycles. The monoisotopic (exact) mass is 304 g/mol. The second-order valence-corrected chi connectivity index (χ2v) is 7.78. The predicted molar refractivity (Wildman–Crippen MR) is 74.6 cm³/mol. The smallest absolute Gasteiger partial charge is 0.275 e. The maximum absolute atomic E-state index is 12.5. The lowest BCUT2D eigenvalue weighted by Crippen LogP contribution is -2.50. The molecule has 1 aliphatic rings. The van der Waals surface area contributed by atoms with Crippen molar-refractivity contribution in [3.05, 3.63) is 11.9 Å². The van der Waals surface area contributed by atoms with Gasteiger partial charge >= 0.3 is 0 Å². The molecular formula is C10H16N4O3S2. The standard InChI is InChI=1S/C10H16N4O3S2/c1-13-9(7(11)5-12-13)10(15)14-3-4-18-6-8(14)19(2,16)17/h5,8H,3-4,6,11H2,1-2H3. The van der Waals surface area contributed by atoms with Crippen molar-refractivity contribution in [3.8, 4) is 0 Å². The highest BCUT2D eigenvalue weighted by Gasteiger charge is 2.36. The second kappa shape index (κ2) is 5.04. The number of anilines is 1. The maximum atomic E-state index is 12.5. The molecule has 1 unspecified atom stereocenters. The Labute approximate surface area is 116 Å². The molecule has 0 aliphatic carbocycles. The lowest BCUT2D eigenvalue weighted by Gasteiger charge is -2.34. The number of aromatic nitrogens is 2. The van der Waals surface area contributed by atoms with Crippen LogP contribution in [0.2, 0.25) is 0 Å². The van der Waals surface area contributed by atoms with Crippen molar-refractivity contribution in [2.75, 3.05) is 30.0 Å². The Morgan fingerprint density at radius 1 is 1.58 bits per heavy atom. The van der Waals surface area contributed by atoms with Crippen LogP contribution in [-0.4, -0.2) is 58.7 Å². The minimum atomic E-state index is -3.32. The summed E-state index contributed by atoms with van der Waals surface area (Å²) in [5.41, 5.74) is 6.22. The molecule has 1 aromatic rings. The van der Waals surface area contributed by atoms with E-state index in [0.717, 1.165) is 12.0 Å². The Morgan fingerprint density at radius 3 is 2.79 bits per heavy atom. The lowest BCUT2D eigenvalue weighted by molar-refractivity contribution is 0.0739. The van der Waals surface area contributed by atoms with Crippen LogP contribution in [0, 0.1) is 0 Å². The van der Waals surface area contributed by atoms with E-state index < -0.39 is 15.2 Å². The number of carbonyl (C=O) groups is 1. The van der Waals surface area contributed by atoms with E-state index in [-0.39, 0.29) is 17.3 Å². The van der Waals surface area contributed by atoms with Gasteiger partial charge in [0, 0.05) is 31.4 Å². The van der Waals surface area contributed by atoms with Crippen molar-refractivity contribution < 1.29 is 13.2 Å². The summed E-state index contributed by atoms with van der Waals surface area (Å²) in [6.07, 6.45) is 2.54. The van der Waals surface area contributed by atoms with Gasteiger partial charge in [0.25, 0.3) is 5.91 Å². The van der Waals surface area contributed by atoms with Crippen LogP contribution in [0.3, 0.4) is 0 Å². The minimum absolute atomic E-state index is 0.237. The Hall–Kier alpha value is -1.22. The summed E-state index contributed by atoms with van der Waals surface area (Å²) in [6, 6.07) is 0. The summed E-state index contributed by atoms with van der Waals surface area (Å²) in [6.45, 7) is 0.395. The number of amides is 1. The molecule has 1 aliphatic heterocycles. The number of carbonyl (C=O) groups excluding carboxylic acids is 1. The van der Waals surface area contributed by atoms with Crippen LogP contribution in [0.4, 0.5) is 5.69 Å². The van der Waals surface area contributed by atoms with E-state index in [9.17, 15) is 13.2 Å². The van der Waals surface area contributed by atoms with Crippen LogP contribution >= 0.6 is 11.8 Å². The van der Waals surface area contributed by atoms with Crippen LogP contribution in [0.25, 0.3) is 0 Å². The van der Waals surface area contributed by atoms with Gasteiger partial charge in [-0.05, 0) is 0 Å². The molecule has 19 heavy (non-hydrogen) atoms. The average molecular weight is 304 g/mol. The first-order valence-electron chi connectivity index (χ1n) is 5.67. The molecule has 1 amide bonds. The lowest BCUT2D eigenvalue weighted by atomic mass is 10.3. The van der Waals surface area contributed by atoms with Gasteiger partial charge in [-0.3, -0.25) is 9.48 Å². The van der Waals surface area contributed by atoms with Crippen molar-refractivity contribution in [2.24, 2.45) is 7.05 Å². The van der Waals surface area contributed by atoms with Gasteiger partial charge in [0.1, 0.15) is 11.1 Å². The number of thioether (sulfide) groups is 1. The fraction of sp³-hybridized carbons (Fsp3) is 0.600. The molecule has 1 saturated heterocycles. The highest BCUT2D eigenvalue weighted by molar-refractivity contribution is 8.00. The third-order valence-corrected chi connectivity index (χ3v) is 5.65. The number of sulfone groups is 1. The second-order valence-electron chi connectivity index (χ2n) is 4.43. The number of nitrogen functional groups attached to an aromatic ring is 1. The van der Waals surface area contributed by atoms with Crippen LogP contribution in [0.1, 0.15) is 10.5 Å². The van der Waals surface area contributed by atoms with Crippen LogP contribution in [-0.2, 0) is 16.9 Å². The molecule has 0 saturated carbocycles. The summed E-state index contributed by atoms with van der Waals surface area (Å²) >= 11 is 1.53. The molecular weight excluding hydrogens is 288 g/mol. The molecule has 1 fully saturated rings. The molecule has 1 aromatic heterocycles. The number of rotatable bonds is 2. The van der Waals surface area contributed by atoms with Gasteiger partial charge in [-0.1, -0.05) is 0 Å². The summed E-state index contributed by atoms with van der Waals surface area (Å²) in [7, 11) is -1.71. The van der Waals surface area contributed by atoms with Gasteiger partial charge in [0.05, 0.1) is 11.9 Å². The van der Waals surface area contributed by atoms with Crippen LogP contribution in [0.15, 0.2) is 6.20 Å². The molecule has 0 radical (unpaired) electrons. The predicted octanol–water partition coefficient (Wildman–Crippen LogP) is -0.438. The van der Waals surface area contributed by atoms with Crippen molar-refractivity contribution in [3.63, 3.8) is 0 Å². The molecule has 0 bridgehead atoms. The first-order valence-corrected chi connectivity index (χ1v) is 8.78. The highest BCUT2D eigenvalue weighted by Crippen LogP contribution is 2.23. The summed E-state index contributed by atoms with van der Waals surface area (Å²) in [5, 5.41) is 3.11. The van der Waals surface area contributed by atoms with E-state index in [1.54, 1.807) is 7.05 Å². The molecule has 2 rings (SSSR count). The van der Waals surface area contributed by atoms with Crippen molar-refractivity contribution in [1.29, 1.82) is 0 Å². The van der Waals surface area contributed by atoms with E-state index in [1.165, 1.54) is 27.5 Å². The highest BCUT2D eigenvalue weighted by atomic mass is 32.2. The fourth-order valence-electron chi connectivity index (χ4n) is 2.02. The third kappa shape index (κ3) is 2.71. The quantitative estimate of drug-likeness (QED) is 0.795. The maximum Gasteiger partial charge on any atom is 0.275 e. The van der Waals surface area contributed by atoms with Gasteiger partial charge < -0.3 is 10.6 Å².